The topological polar surface area (TPSA) is 17.1 Å². The van der Waals surface area contributed by atoms with Crippen molar-refractivity contribution in [3.63, 3.8) is 0 Å². The molecule has 2 radical (unpaired) electrons. The molecule has 0 spiro atoms. The van der Waals surface area contributed by atoms with Gasteiger partial charge in [0.25, 0.3) is 0 Å². The van der Waals surface area contributed by atoms with Gasteiger partial charge in [0.2, 0.25) is 0 Å². The number of hydrogen-bond donors (Lipinski definition) is 0. The first kappa shape index (κ1) is 11.5. The van der Waals surface area contributed by atoms with Crippen LogP contribution in [-0.2, 0) is 4.79 Å². The predicted molar refractivity (Wildman–Crippen MR) is 53.4 cm³/mol. The Labute approximate surface area is 76.6 Å². The maximum absolute atomic E-state index is 11.0. The van der Waals surface area contributed by atoms with Crippen molar-refractivity contribution < 1.29 is 4.79 Å². The summed E-state index contributed by atoms with van der Waals surface area (Å²) in [6.07, 6.45) is 4.47. The smallest absolute Gasteiger partial charge is 0.155 e. The second-order valence-electron chi connectivity index (χ2n) is 3.25. The highest BCUT2D eigenvalue weighted by molar-refractivity contribution is 6.08. The first-order valence-electron chi connectivity index (χ1n) is 4.48. The molecule has 0 amide bonds. The Balaban J connectivity index is 3.83. The van der Waals surface area contributed by atoms with Crippen LogP contribution in [-0.4, -0.2) is 13.6 Å². The van der Waals surface area contributed by atoms with Crippen LogP contribution in [0.5, 0.6) is 0 Å². The lowest BCUT2D eigenvalue weighted by atomic mass is 9.88. The molecule has 12 heavy (non-hydrogen) atoms. The first-order valence-corrected chi connectivity index (χ1v) is 4.48. The SMILES string of the molecule is [B]CC(C)CC/C(=C\C)C(C)=O. The van der Waals surface area contributed by atoms with Crippen molar-refractivity contribution in [1.82, 2.24) is 0 Å². The number of carbonyl (C=O) groups excluding carboxylic acids is 1. The molecule has 66 valence electrons. The number of carbonyl (C=O) groups is 1. The minimum Gasteiger partial charge on any atom is -0.295 e. The standard InChI is InChI=1S/C10H17BO/c1-4-10(9(3)12)6-5-8(2)7-11/h4,8H,5-7H2,1-3H3/b10-4+. The Morgan fingerprint density at radius 1 is 1.58 bits per heavy atom. The maximum Gasteiger partial charge on any atom is 0.155 e. The van der Waals surface area contributed by atoms with Crippen molar-refractivity contribution in [1.29, 1.82) is 0 Å². The van der Waals surface area contributed by atoms with Crippen molar-refractivity contribution in [2.75, 3.05) is 0 Å². The van der Waals surface area contributed by atoms with Gasteiger partial charge in [-0.25, -0.2) is 0 Å². The summed E-state index contributed by atoms with van der Waals surface area (Å²) in [6, 6.07) is 0. The van der Waals surface area contributed by atoms with Crippen molar-refractivity contribution >= 4 is 13.6 Å². The van der Waals surface area contributed by atoms with Gasteiger partial charge in [-0.05, 0) is 32.3 Å². The summed E-state index contributed by atoms with van der Waals surface area (Å²) in [4.78, 5) is 11.0. The van der Waals surface area contributed by atoms with Crippen LogP contribution >= 0.6 is 0 Å². The molecule has 2 heteroatoms. The highest BCUT2D eigenvalue weighted by Gasteiger charge is 2.04. The van der Waals surface area contributed by atoms with Gasteiger partial charge in [-0.3, -0.25) is 4.79 Å². The van der Waals surface area contributed by atoms with E-state index in [1.54, 1.807) is 6.92 Å². The normalized spacial score (nSPS) is 14.4. The Morgan fingerprint density at radius 2 is 2.17 bits per heavy atom. The third kappa shape index (κ3) is 4.37. The lowest BCUT2D eigenvalue weighted by Gasteiger charge is -2.08. The van der Waals surface area contributed by atoms with E-state index >= 15 is 0 Å². The first-order chi connectivity index (χ1) is 5.61. The number of hydrogen-bond acceptors (Lipinski definition) is 1. The fraction of sp³-hybridized carbons (Fsp3) is 0.700. The van der Waals surface area contributed by atoms with E-state index in [-0.39, 0.29) is 5.78 Å². The number of rotatable bonds is 5. The van der Waals surface area contributed by atoms with Gasteiger partial charge in [-0.2, -0.15) is 0 Å². The third-order valence-electron chi connectivity index (χ3n) is 2.11. The summed E-state index contributed by atoms with van der Waals surface area (Å²) in [5, 5.41) is 0. The van der Waals surface area contributed by atoms with Gasteiger partial charge >= 0.3 is 0 Å². The molecule has 0 aromatic heterocycles. The minimum atomic E-state index is 0.182. The molecule has 0 saturated heterocycles. The van der Waals surface area contributed by atoms with Crippen LogP contribution in [0.4, 0.5) is 0 Å². The summed E-state index contributed by atoms with van der Waals surface area (Å²) < 4.78 is 0. The molecule has 0 rings (SSSR count). The highest BCUT2D eigenvalue weighted by atomic mass is 16.1. The van der Waals surface area contributed by atoms with Crippen molar-refractivity contribution in [2.24, 2.45) is 5.92 Å². The van der Waals surface area contributed by atoms with Gasteiger partial charge in [-0.15, -0.1) is 0 Å². The van der Waals surface area contributed by atoms with Gasteiger partial charge in [0.05, 0.1) is 7.85 Å². The van der Waals surface area contributed by atoms with Gasteiger partial charge < -0.3 is 0 Å². The molecule has 0 fully saturated rings. The molecular weight excluding hydrogens is 147 g/mol. The molecule has 0 aliphatic heterocycles. The van der Waals surface area contributed by atoms with Crippen LogP contribution in [0.15, 0.2) is 11.6 Å². The zero-order valence-electron chi connectivity index (χ0n) is 8.26. The van der Waals surface area contributed by atoms with E-state index in [0.717, 1.165) is 18.4 Å². The molecule has 0 saturated carbocycles. The van der Waals surface area contributed by atoms with E-state index < -0.39 is 0 Å². The van der Waals surface area contributed by atoms with Crippen molar-refractivity contribution in [3.8, 4) is 0 Å². The van der Waals surface area contributed by atoms with E-state index in [0.29, 0.717) is 12.2 Å². The maximum atomic E-state index is 11.0. The lowest BCUT2D eigenvalue weighted by Crippen LogP contribution is -2.00. The van der Waals surface area contributed by atoms with E-state index in [1.807, 2.05) is 13.0 Å². The summed E-state index contributed by atoms with van der Waals surface area (Å²) >= 11 is 0. The highest BCUT2D eigenvalue weighted by Crippen LogP contribution is 2.14. The van der Waals surface area contributed by atoms with E-state index in [9.17, 15) is 4.79 Å². The largest absolute Gasteiger partial charge is 0.295 e. The summed E-state index contributed by atoms with van der Waals surface area (Å²) in [5.74, 6) is 0.695. The molecular formula is C10H17BO. The average Bonchev–Trinajstić information content (AvgIpc) is 2.04. The van der Waals surface area contributed by atoms with Gasteiger partial charge in [0.1, 0.15) is 0 Å². The minimum absolute atomic E-state index is 0.182. The van der Waals surface area contributed by atoms with Crippen LogP contribution in [0.1, 0.15) is 33.6 Å². The summed E-state index contributed by atoms with van der Waals surface area (Å²) in [5.41, 5.74) is 0.926. The second kappa shape index (κ2) is 6.04. The zero-order valence-corrected chi connectivity index (χ0v) is 8.26. The second-order valence-corrected chi connectivity index (χ2v) is 3.25. The summed E-state index contributed by atoms with van der Waals surface area (Å²) in [6.45, 7) is 5.62. The van der Waals surface area contributed by atoms with E-state index in [2.05, 4.69) is 6.92 Å². The third-order valence-corrected chi connectivity index (χ3v) is 2.11. The van der Waals surface area contributed by atoms with Gasteiger partial charge in [0.15, 0.2) is 5.78 Å². The molecule has 0 aromatic rings. The van der Waals surface area contributed by atoms with Crippen LogP contribution in [0.2, 0.25) is 6.32 Å². The van der Waals surface area contributed by atoms with Gasteiger partial charge in [0, 0.05) is 0 Å². The molecule has 0 bridgehead atoms. The molecule has 1 unspecified atom stereocenters. The molecule has 0 N–H and O–H groups in total. The molecule has 1 nitrogen and oxygen atoms in total. The van der Waals surface area contributed by atoms with Crippen LogP contribution in [0.3, 0.4) is 0 Å². The zero-order chi connectivity index (χ0) is 9.56. The quantitative estimate of drug-likeness (QED) is 0.450. The van der Waals surface area contributed by atoms with E-state index in [4.69, 9.17) is 7.85 Å². The lowest BCUT2D eigenvalue weighted by molar-refractivity contribution is -0.113. The van der Waals surface area contributed by atoms with Crippen LogP contribution < -0.4 is 0 Å². The predicted octanol–water partition coefficient (Wildman–Crippen LogP) is 2.52. The fourth-order valence-corrected chi connectivity index (χ4v) is 1.04. The number of ketones is 1. The van der Waals surface area contributed by atoms with Crippen LogP contribution in [0.25, 0.3) is 0 Å². The Morgan fingerprint density at radius 3 is 2.50 bits per heavy atom. The molecule has 0 aliphatic carbocycles. The molecule has 1 atom stereocenters. The fourth-order valence-electron chi connectivity index (χ4n) is 1.04. The monoisotopic (exact) mass is 164 g/mol. The van der Waals surface area contributed by atoms with Gasteiger partial charge in [-0.1, -0.05) is 25.2 Å². The molecule has 0 aromatic carbocycles. The number of allylic oxidation sites excluding steroid dienone is 2. The van der Waals surface area contributed by atoms with Crippen LogP contribution in [0, 0.1) is 5.92 Å². The molecule has 0 aliphatic rings. The van der Waals surface area contributed by atoms with Crippen molar-refractivity contribution in [2.45, 2.75) is 39.9 Å². The number of Topliss-reactive ketones (excluding diaryl/α,β-unsaturated/α-hetero) is 1. The average molecular weight is 164 g/mol. The van der Waals surface area contributed by atoms with Crippen molar-refractivity contribution in [3.05, 3.63) is 11.6 Å². The van der Waals surface area contributed by atoms with E-state index in [1.165, 1.54) is 0 Å². The Bertz CT molecular complexity index is 173. The Hall–Kier alpha value is -0.525. The Kier molecular flexibility index (Phi) is 5.78. The summed E-state index contributed by atoms with van der Waals surface area (Å²) in [7, 11) is 5.47. The molecule has 0 heterocycles.